The Morgan fingerprint density at radius 1 is 1.27 bits per heavy atom. The van der Waals surface area contributed by atoms with Gasteiger partial charge in [0.15, 0.2) is 6.10 Å². The molecule has 22 heavy (non-hydrogen) atoms. The summed E-state index contributed by atoms with van der Waals surface area (Å²) in [4.78, 5) is 11.3. The predicted octanol–water partition coefficient (Wildman–Crippen LogP) is 1.61. The number of carbonyl (C=O) groups is 1. The molecule has 0 unspecified atom stereocenters. The van der Waals surface area contributed by atoms with Crippen molar-refractivity contribution in [3.8, 4) is 0 Å². The molecule has 5 nitrogen and oxygen atoms in total. The maximum Gasteiger partial charge on any atom is 0.303 e. The van der Waals surface area contributed by atoms with Crippen LogP contribution in [0.15, 0.2) is 30.3 Å². The lowest BCUT2D eigenvalue weighted by Gasteiger charge is -2.39. The van der Waals surface area contributed by atoms with Gasteiger partial charge in [0.25, 0.3) is 0 Å². The summed E-state index contributed by atoms with van der Waals surface area (Å²) in [6, 6.07) is 10.0. The molecule has 1 aromatic rings. The third-order valence-corrected chi connectivity index (χ3v) is 3.94. The van der Waals surface area contributed by atoms with Gasteiger partial charge in [0.2, 0.25) is 0 Å². The van der Waals surface area contributed by atoms with Gasteiger partial charge in [-0.05, 0) is 5.56 Å². The SMILES string of the molecule is CC(=O)O[C@H](COCc1ccccc1)C[N+]1(C)CCOCC1. The third-order valence-electron chi connectivity index (χ3n) is 3.94. The lowest BCUT2D eigenvalue weighted by atomic mass is 10.2. The highest BCUT2D eigenvalue weighted by Gasteiger charge is 2.30. The Labute approximate surface area is 132 Å². The number of carbonyl (C=O) groups excluding carboxylic acids is 1. The van der Waals surface area contributed by atoms with Crippen molar-refractivity contribution in [2.24, 2.45) is 0 Å². The number of morpholine rings is 1. The molecule has 0 spiro atoms. The van der Waals surface area contributed by atoms with E-state index in [0.717, 1.165) is 42.9 Å². The third kappa shape index (κ3) is 5.75. The van der Waals surface area contributed by atoms with Crippen LogP contribution in [0.25, 0.3) is 0 Å². The smallest absolute Gasteiger partial charge is 0.303 e. The van der Waals surface area contributed by atoms with Crippen LogP contribution in [0.5, 0.6) is 0 Å². The van der Waals surface area contributed by atoms with Crippen LogP contribution in [-0.4, -0.2) is 63.1 Å². The lowest BCUT2D eigenvalue weighted by molar-refractivity contribution is -0.919. The number of likely N-dealkylation sites (N-methyl/N-ethyl adjacent to an activating group) is 1. The van der Waals surface area contributed by atoms with E-state index < -0.39 is 0 Å². The van der Waals surface area contributed by atoms with Crippen LogP contribution in [0.1, 0.15) is 12.5 Å². The molecule has 0 N–H and O–H groups in total. The predicted molar refractivity (Wildman–Crippen MR) is 83.3 cm³/mol. The van der Waals surface area contributed by atoms with Gasteiger partial charge in [0.05, 0.1) is 33.5 Å². The number of nitrogens with zero attached hydrogens (tertiary/aromatic N) is 1. The van der Waals surface area contributed by atoms with Crippen LogP contribution in [-0.2, 0) is 25.6 Å². The van der Waals surface area contributed by atoms with Crippen molar-refractivity contribution >= 4 is 5.97 Å². The second kappa shape index (κ2) is 8.27. The van der Waals surface area contributed by atoms with E-state index in [0.29, 0.717) is 13.2 Å². The van der Waals surface area contributed by atoms with Crippen LogP contribution in [0, 0.1) is 0 Å². The van der Waals surface area contributed by atoms with E-state index in [1.54, 1.807) is 0 Å². The second-order valence-corrected chi connectivity index (χ2v) is 6.09. The van der Waals surface area contributed by atoms with Crippen molar-refractivity contribution in [1.82, 2.24) is 0 Å². The summed E-state index contributed by atoms with van der Waals surface area (Å²) in [6.07, 6.45) is -0.218. The van der Waals surface area contributed by atoms with E-state index >= 15 is 0 Å². The van der Waals surface area contributed by atoms with Crippen LogP contribution in [0.3, 0.4) is 0 Å². The molecule has 1 fully saturated rings. The minimum Gasteiger partial charge on any atom is -0.454 e. The van der Waals surface area contributed by atoms with Crippen LogP contribution in [0.4, 0.5) is 0 Å². The van der Waals surface area contributed by atoms with Crippen molar-refractivity contribution in [2.45, 2.75) is 19.6 Å². The lowest BCUT2D eigenvalue weighted by Crippen LogP contribution is -2.56. The summed E-state index contributed by atoms with van der Waals surface area (Å²) in [5.41, 5.74) is 1.12. The molecule has 0 saturated carbocycles. The standard InChI is InChI=1S/C17H26NO4/c1-15(19)22-17(12-18(2)8-10-20-11-9-18)14-21-13-16-6-4-3-5-7-16/h3-7,17H,8-14H2,1-2H3/q+1/t17-/m0/s1. The number of benzene rings is 1. The van der Waals surface area contributed by atoms with Gasteiger partial charge < -0.3 is 18.7 Å². The molecule has 1 atom stereocenters. The average molecular weight is 308 g/mol. The topological polar surface area (TPSA) is 44.8 Å². The van der Waals surface area contributed by atoms with Gasteiger partial charge in [-0.1, -0.05) is 30.3 Å². The van der Waals surface area contributed by atoms with E-state index in [-0.39, 0.29) is 12.1 Å². The molecule has 1 saturated heterocycles. The summed E-state index contributed by atoms with van der Waals surface area (Å²) >= 11 is 0. The van der Waals surface area contributed by atoms with Crippen molar-refractivity contribution in [3.63, 3.8) is 0 Å². The largest absolute Gasteiger partial charge is 0.454 e. The van der Waals surface area contributed by atoms with E-state index in [1.165, 1.54) is 6.92 Å². The van der Waals surface area contributed by atoms with E-state index in [9.17, 15) is 4.79 Å². The maximum atomic E-state index is 11.3. The molecule has 122 valence electrons. The van der Waals surface area contributed by atoms with Gasteiger partial charge in [0.1, 0.15) is 19.6 Å². The highest BCUT2D eigenvalue weighted by atomic mass is 16.6. The second-order valence-electron chi connectivity index (χ2n) is 6.09. The molecular formula is C17H26NO4+. The first-order valence-electron chi connectivity index (χ1n) is 7.78. The highest BCUT2D eigenvalue weighted by molar-refractivity contribution is 5.66. The number of rotatable bonds is 7. The first-order chi connectivity index (χ1) is 10.6. The minimum atomic E-state index is -0.256. The van der Waals surface area contributed by atoms with Crippen LogP contribution in [0.2, 0.25) is 0 Å². The molecule has 1 aromatic carbocycles. The Hall–Kier alpha value is -1.43. The molecule has 1 aliphatic rings. The van der Waals surface area contributed by atoms with Crippen molar-refractivity contribution in [3.05, 3.63) is 35.9 Å². The van der Waals surface area contributed by atoms with Crippen LogP contribution < -0.4 is 0 Å². The molecule has 0 bridgehead atoms. The molecule has 1 heterocycles. The number of hydrogen-bond acceptors (Lipinski definition) is 4. The molecular weight excluding hydrogens is 282 g/mol. The molecule has 0 amide bonds. The Kier molecular flexibility index (Phi) is 6.36. The molecule has 5 heteroatoms. The molecule has 2 rings (SSSR count). The maximum absolute atomic E-state index is 11.3. The Morgan fingerprint density at radius 3 is 2.59 bits per heavy atom. The minimum absolute atomic E-state index is 0.218. The quantitative estimate of drug-likeness (QED) is 0.567. The van der Waals surface area contributed by atoms with Gasteiger partial charge in [-0.3, -0.25) is 4.79 Å². The Balaban J connectivity index is 1.84. The van der Waals surface area contributed by atoms with Gasteiger partial charge in [-0.25, -0.2) is 0 Å². The molecule has 0 aromatic heterocycles. The number of hydrogen-bond donors (Lipinski definition) is 0. The molecule has 0 aliphatic carbocycles. The zero-order valence-corrected chi connectivity index (χ0v) is 13.5. The summed E-state index contributed by atoms with van der Waals surface area (Å²) in [5, 5.41) is 0. The van der Waals surface area contributed by atoms with Crippen molar-refractivity contribution in [2.75, 3.05) is 46.5 Å². The van der Waals surface area contributed by atoms with E-state index in [4.69, 9.17) is 14.2 Å². The monoisotopic (exact) mass is 308 g/mol. The average Bonchev–Trinajstić information content (AvgIpc) is 2.48. The van der Waals surface area contributed by atoms with Crippen LogP contribution >= 0.6 is 0 Å². The first kappa shape index (κ1) is 16.9. The van der Waals surface area contributed by atoms with Crippen molar-refractivity contribution < 1.29 is 23.5 Å². The summed E-state index contributed by atoms with van der Waals surface area (Å²) in [7, 11) is 2.18. The van der Waals surface area contributed by atoms with E-state index in [2.05, 4.69) is 7.05 Å². The first-order valence-corrected chi connectivity index (χ1v) is 7.78. The van der Waals surface area contributed by atoms with E-state index in [1.807, 2.05) is 30.3 Å². The highest BCUT2D eigenvalue weighted by Crippen LogP contribution is 2.12. The zero-order chi connectivity index (χ0) is 15.8. The molecule has 1 aliphatic heterocycles. The van der Waals surface area contributed by atoms with Gasteiger partial charge >= 0.3 is 5.97 Å². The Bertz CT molecular complexity index is 457. The number of quaternary nitrogens is 1. The Morgan fingerprint density at radius 2 is 1.95 bits per heavy atom. The molecule has 0 radical (unpaired) electrons. The summed E-state index contributed by atoms with van der Waals surface area (Å²) < 4.78 is 17.5. The normalized spacial score (nSPS) is 18.6. The fourth-order valence-corrected chi connectivity index (χ4v) is 2.70. The van der Waals surface area contributed by atoms with Gasteiger partial charge in [-0.2, -0.15) is 0 Å². The number of ether oxygens (including phenoxy) is 3. The van der Waals surface area contributed by atoms with Gasteiger partial charge in [-0.15, -0.1) is 0 Å². The summed E-state index contributed by atoms with van der Waals surface area (Å²) in [6.45, 7) is 6.56. The van der Waals surface area contributed by atoms with Gasteiger partial charge in [0, 0.05) is 6.92 Å². The number of esters is 1. The zero-order valence-electron chi connectivity index (χ0n) is 13.5. The van der Waals surface area contributed by atoms with Crippen molar-refractivity contribution in [1.29, 1.82) is 0 Å². The fourth-order valence-electron chi connectivity index (χ4n) is 2.70. The fraction of sp³-hybridized carbons (Fsp3) is 0.588. The summed E-state index contributed by atoms with van der Waals surface area (Å²) in [5.74, 6) is -0.256.